The first kappa shape index (κ1) is 14.3. The van der Waals surface area contributed by atoms with Gasteiger partial charge in [0.1, 0.15) is 0 Å². The molecule has 0 fully saturated rings. The number of carboxylic acid groups (broad SMARTS) is 1. The van der Waals surface area contributed by atoms with Gasteiger partial charge in [-0.15, -0.1) is 0 Å². The molecule has 0 unspecified atom stereocenters. The zero-order chi connectivity index (χ0) is 11.5. The van der Waals surface area contributed by atoms with Gasteiger partial charge in [-0.25, -0.2) is 0 Å². The van der Waals surface area contributed by atoms with Gasteiger partial charge in [0.2, 0.25) is 5.91 Å². The van der Waals surface area contributed by atoms with E-state index in [4.69, 9.17) is 5.11 Å². The minimum Gasteiger partial charge on any atom is -0.481 e. The Morgan fingerprint density at radius 1 is 1.27 bits per heavy atom. The van der Waals surface area contributed by atoms with Crippen molar-refractivity contribution in [2.45, 2.75) is 32.6 Å². The highest BCUT2D eigenvalue weighted by atomic mass is 32.2. The quantitative estimate of drug-likeness (QED) is 0.592. The molecule has 88 valence electrons. The lowest BCUT2D eigenvalue weighted by Gasteiger charge is -2.03. The van der Waals surface area contributed by atoms with Crippen LogP contribution in [0.5, 0.6) is 0 Å². The topological polar surface area (TPSA) is 66.4 Å². The normalized spacial score (nSPS) is 9.93. The third-order valence-corrected chi connectivity index (χ3v) is 2.89. The number of carbonyl (C=O) groups is 2. The van der Waals surface area contributed by atoms with Gasteiger partial charge in [-0.3, -0.25) is 9.59 Å². The highest BCUT2D eigenvalue weighted by Crippen LogP contribution is 2.05. The summed E-state index contributed by atoms with van der Waals surface area (Å²) in [5, 5.41) is 11.2. The van der Waals surface area contributed by atoms with E-state index in [1.807, 2.05) is 6.92 Å². The van der Waals surface area contributed by atoms with Gasteiger partial charge in [0, 0.05) is 25.1 Å². The SMILES string of the molecule is CCC(=O)NCCSCCCCC(=O)O. The molecule has 15 heavy (non-hydrogen) atoms. The maximum Gasteiger partial charge on any atom is 0.303 e. The molecule has 0 atom stereocenters. The molecule has 0 rings (SSSR count). The number of rotatable bonds is 9. The first-order valence-corrected chi connectivity index (χ1v) is 6.38. The Morgan fingerprint density at radius 3 is 2.60 bits per heavy atom. The average molecular weight is 233 g/mol. The van der Waals surface area contributed by atoms with Gasteiger partial charge in [0.15, 0.2) is 0 Å². The van der Waals surface area contributed by atoms with Crippen LogP contribution in [0.25, 0.3) is 0 Å². The van der Waals surface area contributed by atoms with E-state index in [0.717, 1.165) is 24.3 Å². The maximum atomic E-state index is 10.8. The molecule has 0 spiro atoms. The van der Waals surface area contributed by atoms with Crippen molar-refractivity contribution in [3.05, 3.63) is 0 Å². The van der Waals surface area contributed by atoms with Crippen LogP contribution in [0.4, 0.5) is 0 Å². The van der Waals surface area contributed by atoms with E-state index in [-0.39, 0.29) is 12.3 Å². The van der Waals surface area contributed by atoms with Gasteiger partial charge in [-0.2, -0.15) is 11.8 Å². The summed E-state index contributed by atoms with van der Waals surface area (Å²) in [4.78, 5) is 21.0. The lowest BCUT2D eigenvalue weighted by atomic mass is 10.3. The van der Waals surface area contributed by atoms with Crippen molar-refractivity contribution in [1.29, 1.82) is 0 Å². The molecule has 0 aromatic rings. The van der Waals surface area contributed by atoms with Crippen LogP contribution in [0.1, 0.15) is 32.6 Å². The summed E-state index contributed by atoms with van der Waals surface area (Å²) in [5.74, 6) is 1.23. The first-order chi connectivity index (χ1) is 7.16. The van der Waals surface area contributed by atoms with Gasteiger partial charge in [-0.05, 0) is 18.6 Å². The second-order valence-electron chi connectivity index (χ2n) is 3.17. The zero-order valence-corrected chi connectivity index (χ0v) is 9.94. The number of carboxylic acids is 1. The number of aliphatic carboxylic acids is 1. The summed E-state index contributed by atoms with van der Waals surface area (Å²) in [7, 11) is 0. The van der Waals surface area contributed by atoms with Crippen LogP contribution in [-0.2, 0) is 9.59 Å². The summed E-state index contributed by atoms with van der Waals surface area (Å²) in [6.07, 6.45) is 2.46. The minimum atomic E-state index is -0.727. The van der Waals surface area contributed by atoms with E-state index in [2.05, 4.69) is 5.32 Å². The number of hydrogen-bond donors (Lipinski definition) is 2. The molecular formula is C10H19NO3S. The lowest BCUT2D eigenvalue weighted by molar-refractivity contribution is -0.137. The maximum absolute atomic E-state index is 10.8. The number of carbonyl (C=O) groups excluding carboxylic acids is 1. The smallest absolute Gasteiger partial charge is 0.303 e. The number of nitrogens with one attached hydrogen (secondary N) is 1. The Morgan fingerprint density at radius 2 is 2.00 bits per heavy atom. The van der Waals surface area contributed by atoms with E-state index in [1.54, 1.807) is 11.8 Å². The summed E-state index contributed by atoms with van der Waals surface area (Å²) in [6.45, 7) is 2.53. The van der Waals surface area contributed by atoms with Crippen LogP contribution < -0.4 is 5.32 Å². The van der Waals surface area contributed by atoms with Gasteiger partial charge < -0.3 is 10.4 Å². The van der Waals surface area contributed by atoms with Crippen LogP contribution in [0.3, 0.4) is 0 Å². The van der Waals surface area contributed by atoms with Crippen molar-refractivity contribution in [3.8, 4) is 0 Å². The molecule has 0 aromatic heterocycles. The van der Waals surface area contributed by atoms with E-state index in [9.17, 15) is 9.59 Å². The van der Waals surface area contributed by atoms with Crippen LogP contribution in [-0.4, -0.2) is 35.0 Å². The molecule has 1 amide bonds. The Hall–Kier alpha value is -0.710. The fourth-order valence-electron chi connectivity index (χ4n) is 0.970. The number of hydrogen-bond acceptors (Lipinski definition) is 3. The fraction of sp³-hybridized carbons (Fsp3) is 0.800. The Labute approximate surface area is 94.8 Å². The Balaban J connectivity index is 3.05. The van der Waals surface area contributed by atoms with Crippen molar-refractivity contribution in [2.24, 2.45) is 0 Å². The molecule has 0 aliphatic rings. The molecule has 5 heteroatoms. The molecule has 0 aliphatic heterocycles. The molecule has 0 saturated heterocycles. The van der Waals surface area contributed by atoms with Gasteiger partial charge in [0.05, 0.1) is 0 Å². The molecule has 0 bridgehead atoms. The third-order valence-electron chi connectivity index (χ3n) is 1.82. The van der Waals surface area contributed by atoms with Gasteiger partial charge >= 0.3 is 5.97 Å². The van der Waals surface area contributed by atoms with Crippen LogP contribution >= 0.6 is 11.8 Å². The largest absolute Gasteiger partial charge is 0.481 e. The fourth-order valence-corrected chi connectivity index (χ4v) is 1.83. The molecule has 0 saturated carbocycles. The molecule has 4 nitrogen and oxygen atoms in total. The van der Waals surface area contributed by atoms with Crippen molar-refractivity contribution < 1.29 is 14.7 Å². The van der Waals surface area contributed by atoms with Crippen molar-refractivity contribution >= 4 is 23.6 Å². The molecule has 0 radical (unpaired) electrons. The number of unbranched alkanes of at least 4 members (excludes halogenated alkanes) is 1. The van der Waals surface area contributed by atoms with E-state index in [1.165, 1.54) is 0 Å². The van der Waals surface area contributed by atoms with E-state index in [0.29, 0.717) is 13.0 Å². The average Bonchev–Trinajstić information content (AvgIpc) is 2.21. The third kappa shape index (κ3) is 11.2. The molecule has 0 aliphatic carbocycles. The number of thioether (sulfide) groups is 1. The Kier molecular flexibility index (Phi) is 9.36. The van der Waals surface area contributed by atoms with Crippen LogP contribution in [0.15, 0.2) is 0 Å². The first-order valence-electron chi connectivity index (χ1n) is 5.23. The minimum absolute atomic E-state index is 0.0847. The van der Waals surface area contributed by atoms with Crippen molar-refractivity contribution in [3.63, 3.8) is 0 Å². The predicted molar refractivity (Wildman–Crippen MR) is 62.1 cm³/mol. The number of amides is 1. The van der Waals surface area contributed by atoms with Gasteiger partial charge in [-0.1, -0.05) is 6.92 Å². The highest BCUT2D eigenvalue weighted by molar-refractivity contribution is 7.99. The Bertz CT molecular complexity index is 197. The summed E-state index contributed by atoms with van der Waals surface area (Å²) >= 11 is 1.75. The van der Waals surface area contributed by atoms with Crippen LogP contribution in [0, 0.1) is 0 Å². The molecule has 0 heterocycles. The predicted octanol–water partition coefficient (Wildman–Crippen LogP) is 1.50. The van der Waals surface area contributed by atoms with E-state index < -0.39 is 5.97 Å². The molecular weight excluding hydrogens is 214 g/mol. The van der Waals surface area contributed by atoms with Crippen molar-refractivity contribution in [2.75, 3.05) is 18.1 Å². The highest BCUT2D eigenvalue weighted by Gasteiger charge is 1.97. The summed E-state index contributed by atoms with van der Waals surface area (Å²) < 4.78 is 0. The van der Waals surface area contributed by atoms with Crippen molar-refractivity contribution in [1.82, 2.24) is 5.32 Å². The van der Waals surface area contributed by atoms with Crippen LogP contribution in [0.2, 0.25) is 0 Å². The second-order valence-corrected chi connectivity index (χ2v) is 4.39. The van der Waals surface area contributed by atoms with E-state index >= 15 is 0 Å². The standard InChI is InChI=1S/C10H19NO3S/c1-2-9(12)11-6-8-15-7-4-3-5-10(13)14/h2-8H2,1H3,(H,11,12)(H,13,14). The lowest BCUT2D eigenvalue weighted by Crippen LogP contribution is -2.24. The zero-order valence-electron chi connectivity index (χ0n) is 9.12. The van der Waals surface area contributed by atoms with Gasteiger partial charge in [0.25, 0.3) is 0 Å². The second kappa shape index (κ2) is 9.83. The molecule has 0 aromatic carbocycles. The molecule has 2 N–H and O–H groups in total. The summed E-state index contributed by atoms with van der Waals surface area (Å²) in [6, 6.07) is 0. The summed E-state index contributed by atoms with van der Waals surface area (Å²) in [5.41, 5.74) is 0. The monoisotopic (exact) mass is 233 g/mol.